The fraction of sp³-hybridized carbons (Fsp3) is 0.667. The number of ether oxygens (including phenoxy) is 1. The zero-order valence-corrected chi connectivity index (χ0v) is 12.7. The molecular formula is C18H29O2. The highest BCUT2D eigenvalue weighted by Gasteiger charge is 1.94. The van der Waals surface area contributed by atoms with Crippen LogP contribution in [0.5, 0.6) is 5.75 Å². The summed E-state index contributed by atoms with van der Waals surface area (Å²) in [5.41, 5.74) is 0. The Kier molecular flexibility index (Phi) is 11.1. The highest BCUT2D eigenvalue weighted by atomic mass is 16.5. The Hall–Kier alpha value is -1.02. The van der Waals surface area contributed by atoms with Crippen LogP contribution >= 0.6 is 0 Å². The maximum atomic E-state index is 10.3. The minimum atomic E-state index is 0.102. The molecule has 113 valence electrons. The molecule has 0 fully saturated rings. The number of benzene rings is 1. The van der Waals surface area contributed by atoms with Crippen LogP contribution in [0.2, 0.25) is 0 Å². The molecule has 1 aromatic rings. The number of para-hydroxylation sites is 1. The van der Waals surface area contributed by atoms with Crippen molar-refractivity contribution in [3.05, 3.63) is 30.3 Å². The van der Waals surface area contributed by atoms with Crippen molar-refractivity contribution in [2.24, 2.45) is 0 Å². The summed E-state index contributed by atoms with van der Waals surface area (Å²) in [5.74, 6) is 0.977. The van der Waals surface area contributed by atoms with Crippen LogP contribution in [0.3, 0.4) is 0 Å². The highest BCUT2D eigenvalue weighted by molar-refractivity contribution is 5.20. The molecule has 0 unspecified atom stereocenters. The maximum absolute atomic E-state index is 10.3. The van der Waals surface area contributed by atoms with Crippen molar-refractivity contribution in [2.45, 2.75) is 64.2 Å². The first kappa shape index (κ1) is 17.0. The normalized spacial score (nSPS) is 10.7. The average molecular weight is 277 g/mol. The predicted molar refractivity (Wildman–Crippen MR) is 83.7 cm³/mol. The Morgan fingerprint density at radius 2 is 1.15 bits per heavy atom. The van der Waals surface area contributed by atoms with E-state index in [1.54, 1.807) is 0 Å². The highest BCUT2D eigenvalue weighted by Crippen LogP contribution is 2.12. The van der Waals surface area contributed by atoms with Crippen molar-refractivity contribution in [3.63, 3.8) is 0 Å². The Balaban J connectivity index is 1.77. The summed E-state index contributed by atoms with van der Waals surface area (Å²) in [5, 5.41) is 10.3. The van der Waals surface area contributed by atoms with E-state index < -0.39 is 0 Å². The first-order valence-electron chi connectivity index (χ1n) is 8.19. The molecule has 0 aliphatic rings. The van der Waals surface area contributed by atoms with Crippen LogP contribution in [0.1, 0.15) is 64.2 Å². The van der Waals surface area contributed by atoms with Crippen LogP contribution in [0, 0.1) is 0 Å². The van der Waals surface area contributed by atoms with E-state index in [0.717, 1.165) is 31.6 Å². The standard InChI is InChI=1S/C18H29O2/c19-16-12-7-5-3-1-2-4-6-8-13-17-20-18-14-10-9-11-15-18/h9-11,14-15H,1-8,12-13,16-17H2. The molecule has 2 heteroatoms. The summed E-state index contributed by atoms with van der Waals surface area (Å²) in [6, 6.07) is 10.0. The van der Waals surface area contributed by atoms with Gasteiger partial charge in [0.1, 0.15) is 5.75 Å². The van der Waals surface area contributed by atoms with Gasteiger partial charge in [0.05, 0.1) is 13.2 Å². The lowest BCUT2D eigenvalue weighted by molar-refractivity contribution is 0.186. The van der Waals surface area contributed by atoms with E-state index in [0.29, 0.717) is 0 Å². The van der Waals surface area contributed by atoms with E-state index in [1.807, 2.05) is 30.3 Å². The van der Waals surface area contributed by atoms with Crippen molar-refractivity contribution in [3.8, 4) is 5.75 Å². The van der Waals surface area contributed by atoms with Crippen LogP contribution in [-0.2, 0) is 5.11 Å². The van der Waals surface area contributed by atoms with Crippen LogP contribution in [0.25, 0.3) is 0 Å². The largest absolute Gasteiger partial charge is 0.494 e. The molecule has 0 spiro atoms. The van der Waals surface area contributed by atoms with E-state index in [-0.39, 0.29) is 6.61 Å². The lowest BCUT2D eigenvalue weighted by Gasteiger charge is -2.05. The first-order valence-corrected chi connectivity index (χ1v) is 8.19. The molecule has 0 amide bonds. The molecule has 0 heterocycles. The number of hydrogen-bond donors (Lipinski definition) is 0. The Morgan fingerprint density at radius 3 is 1.70 bits per heavy atom. The van der Waals surface area contributed by atoms with Gasteiger partial charge in [0, 0.05) is 0 Å². The van der Waals surface area contributed by atoms with Gasteiger partial charge in [-0.05, 0) is 25.0 Å². The first-order chi connectivity index (χ1) is 9.93. The number of unbranched alkanes of at least 4 members (excludes halogenated alkanes) is 9. The topological polar surface area (TPSA) is 29.1 Å². The summed E-state index contributed by atoms with van der Waals surface area (Å²) in [6.45, 7) is 0.935. The third kappa shape index (κ3) is 9.85. The summed E-state index contributed by atoms with van der Waals surface area (Å²) >= 11 is 0. The molecular weight excluding hydrogens is 248 g/mol. The third-order valence-electron chi connectivity index (χ3n) is 3.55. The smallest absolute Gasteiger partial charge is 0.119 e. The molecule has 20 heavy (non-hydrogen) atoms. The van der Waals surface area contributed by atoms with Crippen molar-refractivity contribution < 1.29 is 9.84 Å². The third-order valence-corrected chi connectivity index (χ3v) is 3.55. The Bertz CT molecular complexity index is 298. The second kappa shape index (κ2) is 13.0. The quantitative estimate of drug-likeness (QED) is 0.444. The molecule has 1 radical (unpaired) electrons. The zero-order chi connectivity index (χ0) is 14.3. The molecule has 0 aromatic heterocycles. The summed E-state index contributed by atoms with van der Waals surface area (Å²) in [4.78, 5) is 0. The minimum absolute atomic E-state index is 0.102. The summed E-state index contributed by atoms with van der Waals surface area (Å²) in [7, 11) is 0. The lowest BCUT2D eigenvalue weighted by atomic mass is 10.1. The van der Waals surface area contributed by atoms with Crippen LogP contribution in [0.4, 0.5) is 0 Å². The minimum Gasteiger partial charge on any atom is -0.494 e. The molecule has 1 rings (SSSR count). The van der Waals surface area contributed by atoms with E-state index in [1.165, 1.54) is 44.9 Å². The summed E-state index contributed by atoms with van der Waals surface area (Å²) < 4.78 is 5.66. The van der Waals surface area contributed by atoms with Gasteiger partial charge in [0.2, 0.25) is 0 Å². The van der Waals surface area contributed by atoms with Crippen molar-refractivity contribution in [1.82, 2.24) is 0 Å². The maximum Gasteiger partial charge on any atom is 0.119 e. The van der Waals surface area contributed by atoms with Gasteiger partial charge in [-0.15, -0.1) is 0 Å². The van der Waals surface area contributed by atoms with Gasteiger partial charge in [-0.1, -0.05) is 69.6 Å². The molecule has 0 aliphatic carbocycles. The van der Waals surface area contributed by atoms with Crippen LogP contribution < -0.4 is 4.74 Å². The molecule has 2 nitrogen and oxygen atoms in total. The second-order valence-corrected chi connectivity index (χ2v) is 5.40. The zero-order valence-electron chi connectivity index (χ0n) is 12.7. The van der Waals surface area contributed by atoms with Gasteiger partial charge < -0.3 is 4.74 Å². The van der Waals surface area contributed by atoms with Gasteiger partial charge in [0.15, 0.2) is 0 Å². The molecule has 1 aromatic carbocycles. The fourth-order valence-electron chi connectivity index (χ4n) is 2.33. The SMILES string of the molecule is [O]CCCCCCCCCCCCOc1ccccc1. The monoisotopic (exact) mass is 277 g/mol. The second-order valence-electron chi connectivity index (χ2n) is 5.40. The van der Waals surface area contributed by atoms with Crippen molar-refractivity contribution in [1.29, 1.82) is 0 Å². The molecule has 0 saturated carbocycles. The Morgan fingerprint density at radius 1 is 0.650 bits per heavy atom. The molecule has 0 atom stereocenters. The molecule has 0 N–H and O–H groups in total. The van der Waals surface area contributed by atoms with E-state index in [2.05, 4.69) is 0 Å². The molecule has 0 saturated heterocycles. The summed E-state index contributed by atoms with van der Waals surface area (Å²) in [6.07, 6.45) is 12.3. The van der Waals surface area contributed by atoms with E-state index in [9.17, 15) is 5.11 Å². The number of hydrogen-bond acceptors (Lipinski definition) is 1. The van der Waals surface area contributed by atoms with E-state index >= 15 is 0 Å². The molecule has 0 aliphatic heterocycles. The van der Waals surface area contributed by atoms with Crippen molar-refractivity contribution >= 4 is 0 Å². The van der Waals surface area contributed by atoms with Crippen LogP contribution in [-0.4, -0.2) is 13.2 Å². The van der Waals surface area contributed by atoms with Gasteiger partial charge in [0.25, 0.3) is 0 Å². The Labute approximate surface area is 124 Å². The van der Waals surface area contributed by atoms with Crippen LogP contribution in [0.15, 0.2) is 30.3 Å². The van der Waals surface area contributed by atoms with E-state index in [4.69, 9.17) is 4.74 Å². The van der Waals surface area contributed by atoms with Gasteiger partial charge in [-0.3, -0.25) is 0 Å². The van der Waals surface area contributed by atoms with Gasteiger partial charge >= 0.3 is 0 Å². The van der Waals surface area contributed by atoms with Gasteiger partial charge in [-0.25, -0.2) is 5.11 Å². The lowest BCUT2D eigenvalue weighted by Crippen LogP contribution is -1.96. The number of rotatable bonds is 13. The predicted octanol–water partition coefficient (Wildman–Crippen LogP) is 5.40. The average Bonchev–Trinajstić information content (AvgIpc) is 2.49. The van der Waals surface area contributed by atoms with Crippen molar-refractivity contribution in [2.75, 3.05) is 13.2 Å². The molecule has 0 bridgehead atoms. The van der Waals surface area contributed by atoms with Gasteiger partial charge in [-0.2, -0.15) is 0 Å². The fourth-order valence-corrected chi connectivity index (χ4v) is 2.33.